The van der Waals surface area contributed by atoms with Gasteiger partial charge in [0.2, 0.25) is 0 Å². The molecule has 0 atom stereocenters. The summed E-state index contributed by atoms with van der Waals surface area (Å²) in [5.41, 5.74) is 1.71. The monoisotopic (exact) mass is 352 g/mol. The second-order valence-corrected chi connectivity index (χ2v) is 5.17. The molecule has 110 valence electrons. The van der Waals surface area contributed by atoms with Crippen LogP contribution in [0.3, 0.4) is 0 Å². The molecule has 0 unspecified atom stereocenters. The van der Waals surface area contributed by atoms with E-state index in [1.54, 1.807) is 12.1 Å². The van der Waals surface area contributed by atoms with Crippen LogP contribution in [-0.2, 0) is 13.0 Å². The topological polar surface area (TPSA) is 90.9 Å². The van der Waals surface area contributed by atoms with Crippen molar-refractivity contribution >= 4 is 27.7 Å². The fraction of sp³-hybridized carbons (Fsp3) is 0.308. The predicted molar refractivity (Wildman–Crippen MR) is 79.1 cm³/mol. The third kappa shape index (κ3) is 3.72. The van der Waals surface area contributed by atoms with Crippen molar-refractivity contribution in [2.75, 3.05) is 0 Å². The van der Waals surface area contributed by atoms with Crippen molar-refractivity contribution in [3.05, 3.63) is 50.2 Å². The van der Waals surface area contributed by atoms with E-state index in [2.05, 4.69) is 32.9 Å². The van der Waals surface area contributed by atoms with Crippen molar-refractivity contribution < 1.29 is 9.72 Å². The van der Waals surface area contributed by atoms with Crippen LogP contribution in [0.1, 0.15) is 29.3 Å². The highest BCUT2D eigenvalue weighted by molar-refractivity contribution is 9.10. The lowest BCUT2D eigenvalue weighted by Gasteiger charge is -2.02. The molecule has 1 aromatic heterocycles. The lowest BCUT2D eigenvalue weighted by atomic mass is 10.1. The molecule has 0 aliphatic rings. The van der Waals surface area contributed by atoms with E-state index in [4.69, 9.17) is 0 Å². The minimum Gasteiger partial charge on any atom is -0.390 e. The van der Waals surface area contributed by atoms with Crippen LogP contribution in [-0.4, -0.2) is 25.5 Å². The average Bonchev–Trinajstić information content (AvgIpc) is 2.81. The van der Waals surface area contributed by atoms with Gasteiger partial charge in [0, 0.05) is 26.6 Å². The van der Waals surface area contributed by atoms with E-state index in [-0.39, 0.29) is 17.1 Å². The number of nitro groups is 1. The number of benzene rings is 1. The second kappa shape index (κ2) is 6.57. The van der Waals surface area contributed by atoms with E-state index in [1.165, 1.54) is 10.2 Å². The van der Waals surface area contributed by atoms with E-state index in [0.717, 1.165) is 12.8 Å². The Bertz CT molecular complexity index is 667. The Balaban J connectivity index is 2.12. The molecule has 1 aromatic carbocycles. The van der Waals surface area contributed by atoms with Crippen LogP contribution < -0.4 is 0 Å². The molecular formula is C13H13BrN4O3. The minimum absolute atomic E-state index is 0.103. The molecule has 7 nitrogen and oxygen atoms in total. The van der Waals surface area contributed by atoms with E-state index in [9.17, 15) is 14.9 Å². The molecule has 0 amide bonds. The molecule has 0 aliphatic heterocycles. The van der Waals surface area contributed by atoms with Gasteiger partial charge in [-0.15, -0.1) is 0 Å². The van der Waals surface area contributed by atoms with E-state index in [0.29, 0.717) is 5.56 Å². The number of carbonyl (C=O) groups is 1. The maximum atomic E-state index is 12.1. The fourth-order valence-corrected chi connectivity index (χ4v) is 2.23. The van der Waals surface area contributed by atoms with Gasteiger partial charge in [0.25, 0.3) is 4.73 Å². The zero-order valence-electron chi connectivity index (χ0n) is 11.3. The molecule has 0 spiro atoms. The molecule has 0 saturated heterocycles. The van der Waals surface area contributed by atoms with Crippen molar-refractivity contribution in [1.82, 2.24) is 14.8 Å². The van der Waals surface area contributed by atoms with Crippen LogP contribution >= 0.6 is 15.9 Å². The Morgan fingerprint density at radius 1 is 1.38 bits per heavy atom. The third-order valence-corrected chi connectivity index (χ3v) is 3.47. The van der Waals surface area contributed by atoms with Gasteiger partial charge in [0.1, 0.15) is 6.54 Å². The number of Topliss-reactive ketones (excluding diaryl/α,β-unsaturated/α-hetero) is 1. The van der Waals surface area contributed by atoms with Gasteiger partial charge < -0.3 is 10.1 Å². The Morgan fingerprint density at radius 2 is 2.05 bits per heavy atom. The molecular weight excluding hydrogens is 340 g/mol. The molecule has 0 fully saturated rings. The summed E-state index contributed by atoms with van der Waals surface area (Å²) < 4.78 is 1.32. The lowest BCUT2D eigenvalue weighted by molar-refractivity contribution is -0.394. The van der Waals surface area contributed by atoms with Crippen LogP contribution in [0.2, 0.25) is 0 Å². The van der Waals surface area contributed by atoms with Crippen LogP contribution in [0.25, 0.3) is 0 Å². The molecule has 1 heterocycles. The lowest BCUT2D eigenvalue weighted by Crippen LogP contribution is -2.12. The third-order valence-electron chi connectivity index (χ3n) is 2.89. The summed E-state index contributed by atoms with van der Waals surface area (Å²) in [5.74, 6) is -0.716. The Kier molecular flexibility index (Phi) is 4.79. The second-order valence-electron chi connectivity index (χ2n) is 4.47. The van der Waals surface area contributed by atoms with Gasteiger partial charge in [-0.25, -0.2) is 0 Å². The number of carbonyl (C=O) groups excluding carboxylic acids is 1. The Hall–Kier alpha value is -2.09. The van der Waals surface area contributed by atoms with Gasteiger partial charge in [-0.3, -0.25) is 4.79 Å². The maximum absolute atomic E-state index is 12.1. The maximum Gasteiger partial charge on any atom is 0.492 e. The normalized spacial score (nSPS) is 10.6. The summed E-state index contributed by atoms with van der Waals surface area (Å²) in [6.45, 7) is 1.99. The number of halogens is 1. The first-order chi connectivity index (χ1) is 10.0. The zero-order valence-corrected chi connectivity index (χ0v) is 12.9. The smallest absolute Gasteiger partial charge is 0.390 e. The largest absolute Gasteiger partial charge is 0.492 e. The summed E-state index contributed by atoms with van der Waals surface area (Å²) in [5, 5.41) is 14.2. The van der Waals surface area contributed by atoms with Crippen molar-refractivity contribution in [3.8, 4) is 0 Å². The Labute approximate surface area is 129 Å². The van der Waals surface area contributed by atoms with Gasteiger partial charge in [-0.2, -0.15) is 4.68 Å². The predicted octanol–water partition coefficient (Wildman–Crippen LogP) is 2.78. The van der Waals surface area contributed by atoms with Crippen molar-refractivity contribution in [2.45, 2.75) is 26.3 Å². The van der Waals surface area contributed by atoms with Gasteiger partial charge >= 0.3 is 5.95 Å². The van der Waals surface area contributed by atoms with E-state index in [1.807, 2.05) is 12.1 Å². The first-order valence-corrected chi connectivity index (χ1v) is 7.17. The summed E-state index contributed by atoms with van der Waals surface area (Å²) in [6, 6.07) is 7.34. The molecule has 0 radical (unpaired) electrons. The van der Waals surface area contributed by atoms with E-state index < -0.39 is 10.9 Å². The van der Waals surface area contributed by atoms with Crippen molar-refractivity contribution in [3.63, 3.8) is 0 Å². The molecule has 0 saturated carbocycles. The molecule has 0 aliphatic carbocycles. The SMILES string of the molecule is CCCc1ccc(C(=O)Cn2nc([N+](=O)[O-])nc2Br)cc1. The number of aryl methyl sites for hydroxylation is 1. The summed E-state index contributed by atoms with van der Waals surface area (Å²) in [7, 11) is 0. The number of aromatic nitrogens is 3. The summed E-state index contributed by atoms with van der Waals surface area (Å²) in [6.07, 6.45) is 2.01. The molecule has 0 N–H and O–H groups in total. The van der Waals surface area contributed by atoms with Gasteiger partial charge in [0.05, 0.1) is 0 Å². The first-order valence-electron chi connectivity index (χ1n) is 6.38. The highest BCUT2D eigenvalue weighted by atomic mass is 79.9. The quantitative estimate of drug-likeness (QED) is 0.452. The number of hydrogen-bond donors (Lipinski definition) is 0. The minimum atomic E-state index is -0.703. The number of rotatable bonds is 6. The standard InChI is InChI=1S/C13H13BrN4O3/c1-2-3-9-4-6-10(7-5-9)11(19)8-17-12(14)15-13(16-17)18(20)21/h4-7H,2-3,8H2,1H3. The van der Waals surface area contributed by atoms with Gasteiger partial charge in [0.15, 0.2) is 5.78 Å². The van der Waals surface area contributed by atoms with Crippen LogP contribution in [0.15, 0.2) is 29.0 Å². The molecule has 8 heteroatoms. The van der Waals surface area contributed by atoms with Gasteiger partial charge in [-0.1, -0.05) is 37.6 Å². The summed E-state index contributed by atoms with van der Waals surface area (Å²) in [4.78, 5) is 25.6. The Morgan fingerprint density at radius 3 is 2.57 bits per heavy atom. The molecule has 21 heavy (non-hydrogen) atoms. The molecule has 2 rings (SSSR count). The van der Waals surface area contributed by atoms with E-state index >= 15 is 0 Å². The van der Waals surface area contributed by atoms with Crippen molar-refractivity contribution in [1.29, 1.82) is 0 Å². The number of ketones is 1. The van der Waals surface area contributed by atoms with Gasteiger partial charge in [-0.05, 0) is 21.9 Å². The van der Waals surface area contributed by atoms with Crippen LogP contribution in [0.5, 0.6) is 0 Å². The number of nitrogens with zero attached hydrogens (tertiary/aromatic N) is 4. The van der Waals surface area contributed by atoms with Crippen LogP contribution in [0.4, 0.5) is 5.95 Å². The average molecular weight is 353 g/mol. The first kappa shape index (κ1) is 15.3. The fourth-order valence-electron chi connectivity index (χ4n) is 1.86. The van der Waals surface area contributed by atoms with Crippen LogP contribution in [0, 0.1) is 10.1 Å². The molecule has 0 bridgehead atoms. The number of hydrogen-bond acceptors (Lipinski definition) is 5. The van der Waals surface area contributed by atoms with Crippen molar-refractivity contribution in [2.24, 2.45) is 0 Å². The highest BCUT2D eigenvalue weighted by Crippen LogP contribution is 2.14. The zero-order chi connectivity index (χ0) is 15.4. The highest BCUT2D eigenvalue weighted by Gasteiger charge is 2.21. The molecule has 2 aromatic rings. The summed E-state index contributed by atoms with van der Waals surface area (Å²) >= 11 is 3.05.